The summed E-state index contributed by atoms with van der Waals surface area (Å²) in [6.45, 7) is 8.00. The summed E-state index contributed by atoms with van der Waals surface area (Å²) >= 11 is 8.76. The second-order valence-corrected chi connectivity index (χ2v) is 9.61. The number of allylic oxidation sites excluding steroid dienone is 1. The fraction of sp³-hybridized carbons (Fsp3) is 0.476. The van der Waals surface area contributed by atoms with E-state index in [1.807, 2.05) is 26.8 Å². The van der Waals surface area contributed by atoms with E-state index in [0.29, 0.717) is 28.2 Å². The number of fused-ring (bicyclic) bond motifs is 1. The lowest BCUT2D eigenvalue weighted by molar-refractivity contribution is 0.0523. The number of rotatable bonds is 3. The van der Waals surface area contributed by atoms with E-state index >= 15 is 0 Å². The smallest absolute Gasteiger partial charge is 0.487 e. The molecule has 2 aliphatic rings. The predicted molar refractivity (Wildman–Crippen MR) is 119 cm³/mol. The van der Waals surface area contributed by atoms with Crippen LogP contribution in [0.2, 0.25) is 0 Å². The lowest BCUT2D eigenvalue weighted by atomic mass is 9.87. The fourth-order valence-corrected chi connectivity index (χ4v) is 4.88. The van der Waals surface area contributed by atoms with Gasteiger partial charge < -0.3 is 14.6 Å². The highest BCUT2D eigenvalue weighted by molar-refractivity contribution is 9.10. The quantitative estimate of drug-likeness (QED) is 0.347. The molecular formula is C21H25BrNO5S+. The monoisotopic (exact) mass is 482 g/mol. The Balaban J connectivity index is 2.34. The SMILES string of the molecule is CCOC(=O)c1cc(Br)cc2c1[N+](C(=O)O)(C(C)(C)C)C=C2C1CCOC(=S)C1. The summed E-state index contributed by atoms with van der Waals surface area (Å²) in [5.74, 6) is -0.503. The summed E-state index contributed by atoms with van der Waals surface area (Å²) in [6.07, 6.45) is 2.01. The Hall–Kier alpha value is -1.77. The molecule has 0 spiro atoms. The second kappa shape index (κ2) is 7.81. The molecule has 29 heavy (non-hydrogen) atoms. The van der Waals surface area contributed by atoms with Crippen LogP contribution >= 0.6 is 28.1 Å². The van der Waals surface area contributed by atoms with Crippen LogP contribution in [0.1, 0.15) is 56.5 Å². The molecule has 0 bridgehead atoms. The molecular weight excluding hydrogens is 458 g/mol. The van der Waals surface area contributed by atoms with E-state index in [0.717, 1.165) is 17.6 Å². The highest BCUT2D eigenvalue weighted by Crippen LogP contribution is 2.52. The molecule has 2 heterocycles. The maximum atomic E-state index is 12.8. The maximum absolute atomic E-state index is 12.8. The predicted octanol–water partition coefficient (Wildman–Crippen LogP) is 5.52. The van der Waals surface area contributed by atoms with Gasteiger partial charge in [-0.3, -0.25) is 0 Å². The van der Waals surface area contributed by atoms with Gasteiger partial charge in [0.05, 0.1) is 13.2 Å². The van der Waals surface area contributed by atoms with Crippen molar-refractivity contribution in [2.24, 2.45) is 5.92 Å². The van der Waals surface area contributed by atoms with E-state index < -0.39 is 22.1 Å². The Morgan fingerprint density at radius 2 is 2.07 bits per heavy atom. The van der Waals surface area contributed by atoms with Gasteiger partial charge in [0.25, 0.3) is 0 Å². The van der Waals surface area contributed by atoms with E-state index in [2.05, 4.69) is 15.9 Å². The van der Waals surface area contributed by atoms with Gasteiger partial charge in [-0.1, -0.05) is 15.9 Å². The Labute approximate surface area is 184 Å². The minimum Gasteiger partial charge on any atom is -0.487 e. The van der Waals surface area contributed by atoms with Crippen molar-refractivity contribution in [1.29, 1.82) is 0 Å². The number of carbonyl (C=O) groups is 2. The van der Waals surface area contributed by atoms with Crippen LogP contribution < -0.4 is 4.48 Å². The number of quaternary nitrogens is 1. The first-order valence-electron chi connectivity index (χ1n) is 9.55. The average Bonchev–Trinajstić information content (AvgIpc) is 2.97. The van der Waals surface area contributed by atoms with Crippen molar-refractivity contribution in [3.63, 3.8) is 0 Å². The summed E-state index contributed by atoms with van der Waals surface area (Å²) in [4.78, 5) is 25.6. The summed E-state index contributed by atoms with van der Waals surface area (Å²) in [5.41, 5.74) is 1.58. The topological polar surface area (TPSA) is 72.8 Å². The number of carbonyl (C=O) groups excluding carboxylic acids is 1. The Bertz CT molecular complexity index is 920. The van der Waals surface area contributed by atoms with Crippen molar-refractivity contribution in [3.05, 3.63) is 33.9 Å². The van der Waals surface area contributed by atoms with E-state index in [-0.39, 0.29) is 18.1 Å². The number of esters is 1. The zero-order chi connectivity index (χ0) is 21.6. The third-order valence-corrected chi connectivity index (χ3v) is 6.25. The van der Waals surface area contributed by atoms with Crippen molar-refractivity contribution in [2.75, 3.05) is 13.2 Å². The van der Waals surface area contributed by atoms with Gasteiger partial charge in [0.1, 0.15) is 17.3 Å². The molecule has 1 aromatic rings. The van der Waals surface area contributed by atoms with E-state index in [9.17, 15) is 14.7 Å². The number of benzene rings is 1. The molecule has 156 valence electrons. The first-order chi connectivity index (χ1) is 13.5. The summed E-state index contributed by atoms with van der Waals surface area (Å²) < 4.78 is 10.9. The molecule has 1 N–H and O–H groups in total. The third kappa shape index (κ3) is 3.62. The van der Waals surface area contributed by atoms with Crippen molar-refractivity contribution in [2.45, 2.75) is 46.1 Å². The van der Waals surface area contributed by atoms with Crippen LogP contribution in [0.5, 0.6) is 0 Å². The molecule has 1 amide bonds. The molecule has 2 atom stereocenters. The van der Waals surface area contributed by atoms with E-state index in [4.69, 9.17) is 21.7 Å². The number of hydrogen-bond donors (Lipinski definition) is 1. The molecule has 0 aliphatic carbocycles. The van der Waals surface area contributed by atoms with Gasteiger partial charge in [-0.05, 0) is 58.5 Å². The Morgan fingerprint density at radius 1 is 1.38 bits per heavy atom. The van der Waals surface area contributed by atoms with Crippen LogP contribution in [0.3, 0.4) is 0 Å². The van der Waals surface area contributed by atoms with Gasteiger partial charge >= 0.3 is 12.1 Å². The second-order valence-electron chi connectivity index (χ2n) is 8.24. The van der Waals surface area contributed by atoms with Crippen LogP contribution in [-0.4, -0.2) is 41.0 Å². The molecule has 1 saturated heterocycles. The standard InChI is InChI=1S/C21H24BrNO5S/c1-5-27-19(24)15-10-13(22)9-14-16(12-6-7-28-17(29)8-12)11-23(18(14)15,20(25)26)21(2,3)4/h9-12H,5-8H2,1-4H3/p+1. The number of hydrogen-bond acceptors (Lipinski definition) is 5. The maximum Gasteiger partial charge on any atom is 0.524 e. The van der Waals surface area contributed by atoms with Gasteiger partial charge in [0.15, 0.2) is 10.7 Å². The van der Waals surface area contributed by atoms with E-state index in [1.54, 1.807) is 19.2 Å². The molecule has 6 nitrogen and oxygen atoms in total. The van der Waals surface area contributed by atoms with Crippen molar-refractivity contribution < 1.29 is 24.2 Å². The van der Waals surface area contributed by atoms with Crippen LogP contribution in [0.15, 0.2) is 22.8 Å². The molecule has 0 saturated carbocycles. The van der Waals surface area contributed by atoms with Crippen molar-refractivity contribution in [1.82, 2.24) is 4.48 Å². The summed E-state index contributed by atoms with van der Waals surface area (Å²) in [5, 5.41) is 11.0. The molecule has 0 aromatic heterocycles. The number of amides is 1. The third-order valence-electron chi connectivity index (χ3n) is 5.51. The van der Waals surface area contributed by atoms with Crippen LogP contribution in [0.4, 0.5) is 10.5 Å². The number of ether oxygens (including phenoxy) is 2. The largest absolute Gasteiger partial charge is 0.524 e. The van der Waals surface area contributed by atoms with Gasteiger partial charge in [0.2, 0.25) is 0 Å². The van der Waals surface area contributed by atoms with Gasteiger partial charge in [-0.25, -0.2) is 4.79 Å². The number of halogens is 1. The number of thiocarbonyl (C=S) groups is 1. The fourth-order valence-electron chi connectivity index (χ4n) is 4.14. The number of carboxylic acid groups (broad SMARTS) is 1. The first kappa shape index (κ1) is 21.9. The van der Waals surface area contributed by atoms with Crippen LogP contribution in [0.25, 0.3) is 5.57 Å². The van der Waals surface area contributed by atoms with Crippen LogP contribution in [-0.2, 0) is 9.47 Å². The zero-order valence-corrected chi connectivity index (χ0v) is 19.4. The Morgan fingerprint density at radius 3 is 2.62 bits per heavy atom. The zero-order valence-electron chi connectivity index (χ0n) is 17.0. The van der Waals surface area contributed by atoms with Gasteiger partial charge in [-0.15, -0.1) is 0 Å². The van der Waals surface area contributed by atoms with Gasteiger partial charge in [-0.2, -0.15) is 9.28 Å². The summed E-state index contributed by atoms with van der Waals surface area (Å²) in [7, 11) is 0. The lowest BCUT2D eigenvalue weighted by Gasteiger charge is -2.39. The van der Waals surface area contributed by atoms with Gasteiger partial charge in [0, 0.05) is 27.9 Å². The molecule has 1 fully saturated rings. The number of nitrogens with zero attached hydrogens (tertiary/aromatic N) is 1. The minimum atomic E-state index is -1.05. The average molecular weight is 483 g/mol. The lowest BCUT2D eigenvalue weighted by Crippen LogP contribution is -2.60. The first-order valence-corrected chi connectivity index (χ1v) is 10.8. The van der Waals surface area contributed by atoms with E-state index in [1.165, 1.54) is 0 Å². The Kier molecular flexibility index (Phi) is 5.91. The van der Waals surface area contributed by atoms with Crippen molar-refractivity contribution >= 4 is 56.5 Å². The molecule has 2 unspecified atom stereocenters. The molecule has 1 aromatic carbocycles. The molecule has 3 rings (SSSR count). The molecule has 0 radical (unpaired) electrons. The molecule has 2 aliphatic heterocycles. The normalized spacial score (nSPS) is 23.8. The highest BCUT2D eigenvalue weighted by Gasteiger charge is 2.57. The molecule has 8 heteroatoms. The minimum absolute atomic E-state index is 0.0287. The summed E-state index contributed by atoms with van der Waals surface area (Å²) in [6, 6.07) is 3.53. The van der Waals surface area contributed by atoms with Crippen LogP contribution in [0, 0.1) is 5.92 Å². The van der Waals surface area contributed by atoms with Crippen molar-refractivity contribution in [3.8, 4) is 0 Å². The highest BCUT2D eigenvalue weighted by atomic mass is 79.9.